The second kappa shape index (κ2) is 5.44. The van der Waals surface area contributed by atoms with Crippen molar-refractivity contribution in [3.05, 3.63) is 0 Å². The van der Waals surface area contributed by atoms with Crippen LogP contribution in [0.2, 0.25) is 0 Å². The summed E-state index contributed by atoms with van der Waals surface area (Å²) in [6.07, 6.45) is -0.948. The molecular formula is C10H18O5. The van der Waals surface area contributed by atoms with Crippen LogP contribution in [0.5, 0.6) is 0 Å². The smallest absolute Gasteiger partial charge is 0.303 e. The lowest BCUT2D eigenvalue weighted by atomic mass is 10.0. The fraction of sp³-hybridized carbons (Fsp3) is 0.900. The lowest BCUT2D eigenvalue weighted by Crippen LogP contribution is -2.54. The van der Waals surface area contributed by atoms with Gasteiger partial charge in [0.2, 0.25) is 0 Å². The van der Waals surface area contributed by atoms with Gasteiger partial charge in [0.15, 0.2) is 6.10 Å². The molecule has 0 unspecified atom stereocenters. The Bertz CT molecular complexity index is 218. The predicted octanol–water partition coefficient (Wildman–Crippen LogP) is 0.367. The van der Waals surface area contributed by atoms with Crippen molar-refractivity contribution in [2.45, 2.75) is 38.3 Å². The Balaban J connectivity index is 2.68. The standard InChI is InChI=1S/C10H18O5/c1-6-9(12-3)10(13-4)8(5-14-6)15-7(2)11/h6,8-10H,5H2,1-4H3/t6-,8-,9-,10-/m1/s1. The molecule has 0 amide bonds. The van der Waals surface area contributed by atoms with Gasteiger partial charge in [0.25, 0.3) is 0 Å². The Morgan fingerprint density at radius 1 is 1.27 bits per heavy atom. The first-order valence-corrected chi connectivity index (χ1v) is 4.94. The van der Waals surface area contributed by atoms with Crippen molar-refractivity contribution < 1.29 is 23.7 Å². The zero-order valence-electron chi connectivity index (χ0n) is 9.56. The zero-order valence-corrected chi connectivity index (χ0v) is 9.56. The van der Waals surface area contributed by atoms with Gasteiger partial charge >= 0.3 is 5.97 Å². The molecular weight excluding hydrogens is 200 g/mol. The van der Waals surface area contributed by atoms with E-state index in [-0.39, 0.29) is 24.3 Å². The van der Waals surface area contributed by atoms with Crippen molar-refractivity contribution in [3.8, 4) is 0 Å². The molecule has 0 spiro atoms. The summed E-state index contributed by atoms with van der Waals surface area (Å²) in [5.74, 6) is -0.338. The molecule has 0 aromatic heterocycles. The molecule has 1 aliphatic rings. The fourth-order valence-electron chi connectivity index (χ4n) is 1.84. The molecule has 0 bridgehead atoms. The van der Waals surface area contributed by atoms with Crippen LogP contribution in [0, 0.1) is 0 Å². The minimum atomic E-state index is -0.395. The molecule has 4 atom stereocenters. The fourth-order valence-corrected chi connectivity index (χ4v) is 1.84. The second-order valence-electron chi connectivity index (χ2n) is 3.59. The maximum absolute atomic E-state index is 10.9. The van der Waals surface area contributed by atoms with E-state index in [1.165, 1.54) is 6.92 Å². The topological polar surface area (TPSA) is 54.0 Å². The summed E-state index contributed by atoms with van der Waals surface area (Å²) >= 11 is 0. The first-order valence-electron chi connectivity index (χ1n) is 4.94. The van der Waals surface area contributed by atoms with E-state index in [2.05, 4.69) is 0 Å². The van der Waals surface area contributed by atoms with Crippen molar-refractivity contribution in [1.82, 2.24) is 0 Å². The molecule has 0 aromatic carbocycles. The molecule has 0 N–H and O–H groups in total. The van der Waals surface area contributed by atoms with Gasteiger partial charge < -0.3 is 18.9 Å². The van der Waals surface area contributed by atoms with Gasteiger partial charge in [-0.2, -0.15) is 0 Å². The molecule has 0 aromatic rings. The van der Waals surface area contributed by atoms with Gasteiger partial charge in [-0.3, -0.25) is 4.79 Å². The molecule has 5 nitrogen and oxygen atoms in total. The summed E-state index contributed by atoms with van der Waals surface area (Å²) in [4.78, 5) is 10.9. The molecule has 1 saturated heterocycles. The molecule has 0 aliphatic carbocycles. The van der Waals surface area contributed by atoms with E-state index in [1.54, 1.807) is 14.2 Å². The first-order chi connectivity index (χ1) is 7.10. The van der Waals surface area contributed by atoms with Crippen LogP contribution >= 0.6 is 0 Å². The van der Waals surface area contributed by atoms with Gasteiger partial charge in [-0.1, -0.05) is 0 Å². The maximum atomic E-state index is 10.9. The molecule has 0 saturated carbocycles. The largest absolute Gasteiger partial charge is 0.457 e. The van der Waals surface area contributed by atoms with Gasteiger partial charge in [0, 0.05) is 21.1 Å². The molecule has 5 heteroatoms. The molecule has 1 heterocycles. The van der Waals surface area contributed by atoms with Crippen LogP contribution in [0.15, 0.2) is 0 Å². The van der Waals surface area contributed by atoms with Crippen LogP contribution in [-0.2, 0) is 23.7 Å². The summed E-state index contributed by atoms with van der Waals surface area (Å²) < 4.78 is 21.1. The van der Waals surface area contributed by atoms with Crippen LogP contribution < -0.4 is 0 Å². The summed E-state index contributed by atoms with van der Waals surface area (Å²) in [5, 5.41) is 0. The maximum Gasteiger partial charge on any atom is 0.303 e. The number of hydrogen-bond acceptors (Lipinski definition) is 5. The van der Waals surface area contributed by atoms with Crippen molar-refractivity contribution in [2.24, 2.45) is 0 Å². The molecule has 0 radical (unpaired) electrons. The Hall–Kier alpha value is -0.650. The van der Waals surface area contributed by atoms with Crippen LogP contribution in [0.3, 0.4) is 0 Å². The van der Waals surface area contributed by atoms with Gasteiger partial charge in [-0.15, -0.1) is 0 Å². The van der Waals surface area contributed by atoms with E-state index in [0.29, 0.717) is 6.61 Å². The predicted molar refractivity (Wildman–Crippen MR) is 52.6 cm³/mol. The summed E-state index contributed by atoms with van der Waals surface area (Å²) in [6.45, 7) is 3.62. The monoisotopic (exact) mass is 218 g/mol. The quantitative estimate of drug-likeness (QED) is 0.640. The summed E-state index contributed by atoms with van der Waals surface area (Å²) in [6, 6.07) is 0. The van der Waals surface area contributed by atoms with Gasteiger partial charge in [0.1, 0.15) is 12.2 Å². The van der Waals surface area contributed by atoms with E-state index in [0.717, 1.165) is 0 Å². The Morgan fingerprint density at radius 3 is 2.33 bits per heavy atom. The SMILES string of the molecule is CO[C@H]1[C@H](OC)[C@H](OC(C)=O)CO[C@@H]1C. The first kappa shape index (κ1) is 12.4. The van der Waals surface area contributed by atoms with Crippen molar-refractivity contribution in [3.63, 3.8) is 0 Å². The Morgan fingerprint density at radius 2 is 1.87 bits per heavy atom. The Labute approximate surface area is 89.6 Å². The van der Waals surface area contributed by atoms with Crippen molar-refractivity contribution in [2.75, 3.05) is 20.8 Å². The van der Waals surface area contributed by atoms with Crippen molar-refractivity contribution in [1.29, 1.82) is 0 Å². The summed E-state index contributed by atoms with van der Waals surface area (Å²) in [7, 11) is 3.16. The van der Waals surface area contributed by atoms with E-state index in [4.69, 9.17) is 18.9 Å². The number of carbonyl (C=O) groups is 1. The molecule has 1 fully saturated rings. The highest BCUT2D eigenvalue weighted by molar-refractivity contribution is 5.66. The number of carbonyl (C=O) groups excluding carboxylic acids is 1. The third-order valence-corrected chi connectivity index (χ3v) is 2.54. The van der Waals surface area contributed by atoms with Crippen LogP contribution in [0.4, 0.5) is 0 Å². The third kappa shape index (κ3) is 2.90. The second-order valence-corrected chi connectivity index (χ2v) is 3.59. The molecule has 1 aliphatic heterocycles. The highest BCUT2D eigenvalue weighted by Crippen LogP contribution is 2.22. The van der Waals surface area contributed by atoms with Crippen LogP contribution in [0.1, 0.15) is 13.8 Å². The number of methoxy groups -OCH3 is 2. The third-order valence-electron chi connectivity index (χ3n) is 2.54. The normalized spacial score (nSPS) is 36.3. The average molecular weight is 218 g/mol. The average Bonchev–Trinajstić information content (AvgIpc) is 2.19. The number of hydrogen-bond donors (Lipinski definition) is 0. The minimum Gasteiger partial charge on any atom is -0.457 e. The van der Waals surface area contributed by atoms with Gasteiger partial charge in [-0.25, -0.2) is 0 Å². The van der Waals surface area contributed by atoms with Crippen LogP contribution in [-0.4, -0.2) is 51.2 Å². The lowest BCUT2D eigenvalue weighted by Gasteiger charge is -2.39. The molecule has 15 heavy (non-hydrogen) atoms. The van der Waals surface area contributed by atoms with Crippen molar-refractivity contribution >= 4 is 5.97 Å². The highest BCUT2D eigenvalue weighted by atomic mass is 16.6. The van der Waals surface area contributed by atoms with Crippen LogP contribution in [0.25, 0.3) is 0 Å². The zero-order chi connectivity index (χ0) is 11.4. The highest BCUT2D eigenvalue weighted by Gasteiger charge is 2.40. The molecule has 88 valence electrons. The number of rotatable bonds is 3. The minimum absolute atomic E-state index is 0.0632. The van der Waals surface area contributed by atoms with E-state index >= 15 is 0 Å². The number of esters is 1. The summed E-state index contributed by atoms with van der Waals surface area (Å²) in [5.41, 5.74) is 0. The Kier molecular flexibility index (Phi) is 4.50. The number of ether oxygens (including phenoxy) is 4. The van der Waals surface area contributed by atoms with Gasteiger partial charge in [-0.05, 0) is 6.92 Å². The lowest BCUT2D eigenvalue weighted by molar-refractivity contribution is -0.213. The van der Waals surface area contributed by atoms with E-state index in [9.17, 15) is 4.79 Å². The molecule has 1 rings (SSSR count). The van der Waals surface area contributed by atoms with E-state index < -0.39 is 6.10 Å². The van der Waals surface area contributed by atoms with E-state index in [1.807, 2.05) is 6.92 Å². The van der Waals surface area contributed by atoms with Gasteiger partial charge in [0.05, 0.1) is 12.7 Å².